The van der Waals surface area contributed by atoms with Gasteiger partial charge < -0.3 is 24.1 Å². The van der Waals surface area contributed by atoms with Gasteiger partial charge in [-0.25, -0.2) is 4.79 Å². The van der Waals surface area contributed by atoms with Crippen LogP contribution in [0.3, 0.4) is 0 Å². The molecule has 8 nitrogen and oxygen atoms in total. The van der Waals surface area contributed by atoms with E-state index in [9.17, 15) is 14.7 Å². The van der Waals surface area contributed by atoms with Gasteiger partial charge >= 0.3 is 6.03 Å². The molecule has 0 saturated carbocycles. The van der Waals surface area contributed by atoms with Crippen LogP contribution in [-0.2, 0) is 11.3 Å². The van der Waals surface area contributed by atoms with Crippen LogP contribution in [0, 0.1) is 18.8 Å². The van der Waals surface area contributed by atoms with Crippen LogP contribution >= 0.6 is 0 Å². The fourth-order valence-corrected chi connectivity index (χ4v) is 3.89. The number of nitrogens with one attached hydrogen (secondary N) is 2. The molecule has 1 fully saturated rings. The van der Waals surface area contributed by atoms with Crippen molar-refractivity contribution in [2.75, 3.05) is 7.11 Å². The lowest BCUT2D eigenvalue weighted by Crippen LogP contribution is -2.49. The summed E-state index contributed by atoms with van der Waals surface area (Å²) >= 11 is 0. The van der Waals surface area contributed by atoms with Gasteiger partial charge in [-0.3, -0.25) is 10.1 Å². The van der Waals surface area contributed by atoms with Gasteiger partial charge in [0.05, 0.1) is 13.7 Å². The third-order valence-electron chi connectivity index (χ3n) is 5.48. The van der Waals surface area contributed by atoms with E-state index in [-0.39, 0.29) is 12.4 Å². The normalized spacial score (nSPS) is 17.8. The molecule has 1 aliphatic rings. The molecule has 2 aromatic carbocycles. The van der Waals surface area contributed by atoms with E-state index in [1.165, 1.54) is 4.57 Å². The van der Waals surface area contributed by atoms with Crippen LogP contribution in [0.5, 0.6) is 11.6 Å². The van der Waals surface area contributed by atoms with Crippen molar-refractivity contribution in [1.82, 2.24) is 15.2 Å². The quantitative estimate of drug-likeness (QED) is 0.343. The SMILES string of the molecule is COc1ccc2cn(C[C@@]3(C#Cc4ccc5oc(C)cc5c4)NC(=O)NC3=O)c(O)c2c1. The summed E-state index contributed by atoms with van der Waals surface area (Å²) in [6.07, 6.45) is 1.70. The molecular weight excluding hydrogens is 410 g/mol. The van der Waals surface area contributed by atoms with Crippen molar-refractivity contribution < 1.29 is 23.8 Å². The van der Waals surface area contributed by atoms with Crippen molar-refractivity contribution in [2.24, 2.45) is 0 Å². The predicted octanol–water partition coefficient (Wildman–Crippen LogP) is 3.04. The minimum Gasteiger partial charge on any atom is -0.497 e. The van der Waals surface area contributed by atoms with Gasteiger partial charge in [-0.05, 0) is 49.4 Å². The maximum absolute atomic E-state index is 12.7. The molecule has 3 N–H and O–H groups in total. The van der Waals surface area contributed by atoms with E-state index >= 15 is 0 Å². The molecule has 2 aromatic heterocycles. The number of aromatic nitrogens is 1. The van der Waals surface area contributed by atoms with Gasteiger partial charge in [0, 0.05) is 27.9 Å². The number of amides is 3. The molecule has 160 valence electrons. The average Bonchev–Trinajstić information content (AvgIpc) is 3.38. The Labute approximate surface area is 182 Å². The van der Waals surface area contributed by atoms with Gasteiger partial charge in [0.25, 0.3) is 5.91 Å². The Bertz CT molecular complexity index is 1470. The third-order valence-corrected chi connectivity index (χ3v) is 5.48. The molecular formula is C24H19N3O5. The molecule has 4 aromatic rings. The van der Waals surface area contributed by atoms with Crippen LogP contribution in [0.15, 0.2) is 53.1 Å². The van der Waals surface area contributed by atoms with Crippen molar-refractivity contribution in [1.29, 1.82) is 0 Å². The number of imide groups is 1. The third kappa shape index (κ3) is 3.20. The van der Waals surface area contributed by atoms with Crippen LogP contribution in [0.4, 0.5) is 4.79 Å². The maximum atomic E-state index is 12.7. The fourth-order valence-electron chi connectivity index (χ4n) is 3.89. The van der Waals surface area contributed by atoms with Crippen molar-refractivity contribution in [3.8, 4) is 23.5 Å². The lowest BCUT2D eigenvalue weighted by Gasteiger charge is -2.20. The van der Waals surface area contributed by atoms with Crippen LogP contribution < -0.4 is 15.4 Å². The van der Waals surface area contributed by atoms with Crippen LogP contribution in [0.1, 0.15) is 11.3 Å². The molecule has 0 spiro atoms. The summed E-state index contributed by atoms with van der Waals surface area (Å²) in [4.78, 5) is 24.7. The number of nitrogens with zero attached hydrogens (tertiary/aromatic N) is 1. The van der Waals surface area contributed by atoms with Crippen molar-refractivity contribution in [2.45, 2.75) is 19.0 Å². The number of furan rings is 1. The minimum atomic E-state index is -1.55. The molecule has 3 amide bonds. The highest BCUT2D eigenvalue weighted by Crippen LogP contribution is 2.32. The monoisotopic (exact) mass is 429 g/mol. The first kappa shape index (κ1) is 19.6. The Morgan fingerprint density at radius 3 is 2.75 bits per heavy atom. The number of hydrogen-bond donors (Lipinski definition) is 3. The van der Waals surface area contributed by atoms with Crippen LogP contribution in [-0.4, -0.2) is 34.3 Å². The molecule has 0 unspecified atom stereocenters. The highest BCUT2D eigenvalue weighted by Gasteiger charge is 2.46. The molecule has 1 atom stereocenters. The molecule has 0 bridgehead atoms. The Hall–Kier alpha value is -4.38. The number of carbonyl (C=O) groups is 2. The van der Waals surface area contributed by atoms with Crippen LogP contribution in [0.2, 0.25) is 0 Å². The average molecular weight is 429 g/mol. The fraction of sp³-hybridized carbons (Fsp3) is 0.167. The molecule has 1 saturated heterocycles. The van der Waals surface area contributed by atoms with Gasteiger partial charge in [0.1, 0.15) is 17.1 Å². The standard InChI is InChI=1S/C24H19N3O5/c1-14-9-17-10-15(3-6-20(17)32-14)7-8-24(22(29)25-23(30)26-24)13-27-12-16-4-5-18(31-2)11-19(16)21(27)28/h3-6,9-12,28H,13H2,1-2H3,(H2,25,26,29,30)/t24-/m1/s1. The minimum absolute atomic E-state index is 0.0516. The van der Waals surface area contributed by atoms with E-state index < -0.39 is 17.5 Å². The summed E-state index contributed by atoms with van der Waals surface area (Å²) in [7, 11) is 1.54. The molecule has 0 radical (unpaired) electrons. The van der Waals surface area contributed by atoms with Crippen LogP contribution in [0.25, 0.3) is 21.7 Å². The van der Waals surface area contributed by atoms with Crippen molar-refractivity contribution in [3.05, 3.63) is 60.0 Å². The van der Waals surface area contributed by atoms with E-state index in [2.05, 4.69) is 22.5 Å². The number of ether oxygens (including phenoxy) is 1. The number of carbonyl (C=O) groups excluding carboxylic acids is 2. The second-order valence-corrected chi connectivity index (χ2v) is 7.71. The number of benzene rings is 2. The molecule has 5 rings (SSSR count). The molecule has 8 heteroatoms. The maximum Gasteiger partial charge on any atom is 0.323 e. The van der Waals surface area contributed by atoms with E-state index in [1.54, 1.807) is 37.6 Å². The second kappa shape index (κ2) is 7.10. The first-order chi connectivity index (χ1) is 15.4. The lowest BCUT2D eigenvalue weighted by molar-refractivity contribution is -0.122. The van der Waals surface area contributed by atoms with Crippen molar-refractivity contribution in [3.63, 3.8) is 0 Å². The first-order valence-electron chi connectivity index (χ1n) is 9.90. The van der Waals surface area contributed by atoms with Gasteiger partial charge in [-0.15, -0.1) is 0 Å². The second-order valence-electron chi connectivity index (χ2n) is 7.71. The molecule has 1 aliphatic heterocycles. The summed E-state index contributed by atoms with van der Waals surface area (Å²) in [5.74, 6) is 6.67. The van der Waals surface area contributed by atoms with Gasteiger partial charge in [-0.1, -0.05) is 11.8 Å². The zero-order valence-corrected chi connectivity index (χ0v) is 17.4. The van der Waals surface area contributed by atoms with E-state index in [1.807, 2.05) is 25.1 Å². The molecule has 32 heavy (non-hydrogen) atoms. The zero-order valence-electron chi connectivity index (χ0n) is 17.4. The first-order valence-corrected chi connectivity index (χ1v) is 9.90. The number of hydrogen-bond acceptors (Lipinski definition) is 5. The summed E-state index contributed by atoms with van der Waals surface area (Å²) in [6.45, 7) is 1.79. The summed E-state index contributed by atoms with van der Waals surface area (Å²) in [5.41, 5.74) is -0.137. The predicted molar refractivity (Wildman–Crippen MR) is 117 cm³/mol. The van der Waals surface area contributed by atoms with E-state index in [0.29, 0.717) is 16.7 Å². The van der Waals surface area contributed by atoms with Gasteiger partial charge in [0.2, 0.25) is 5.54 Å². The number of fused-ring (bicyclic) bond motifs is 2. The Kier molecular flexibility index (Phi) is 4.34. The van der Waals surface area contributed by atoms with E-state index in [0.717, 1.165) is 22.1 Å². The largest absolute Gasteiger partial charge is 0.497 e. The molecule has 0 aliphatic carbocycles. The smallest absolute Gasteiger partial charge is 0.323 e. The van der Waals surface area contributed by atoms with Gasteiger partial charge in [0.15, 0.2) is 5.88 Å². The molecule has 3 heterocycles. The highest BCUT2D eigenvalue weighted by atomic mass is 16.5. The number of aromatic hydroxyl groups is 1. The zero-order chi connectivity index (χ0) is 22.5. The van der Waals surface area contributed by atoms with E-state index in [4.69, 9.17) is 9.15 Å². The number of urea groups is 1. The van der Waals surface area contributed by atoms with Crippen molar-refractivity contribution >= 4 is 33.7 Å². The highest BCUT2D eigenvalue weighted by molar-refractivity contribution is 6.09. The number of rotatable bonds is 3. The summed E-state index contributed by atoms with van der Waals surface area (Å²) in [6, 6.07) is 12.0. The Balaban J connectivity index is 1.55. The number of methoxy groups -OCH3 is 1. The number of aryl methyl sites for hydroxylation is 1. The lowest BCUT2D eigenvalue weighted by atomic mass is 9.99. The topological polar surface area (TPSA) is 106 Å². The summed E-state index contributed by atoms with van der Waals surface area (Å²) < 4.78 is 12.3. The summed E-state index contributed by atoms with van der Waals surface area (Å²) in [5, 5.41) is 17.8. The van der Waals surface area contributed by atoms with Gasteiger partial charge in [-0.2, -0.15) is 0 Å². The Morgan fingerprint density at radius 2 is 2.00 bits per heavy atom. The Morgan fingerprint density at radius 1 is 1.16 bits per heavy atom.